The maximum absolute atomic E-state index is 2.38. The van der Waals surface area contributed by atoms with Crippen LogP contribution in [-0.2, 0) is 0 Å². The summed E-state index contributed by atoms with van der Waals surface area (Å²) in [6.07, 6.45) is 23.1. The average Bonchev–Trinajstić information content (AvgIpc) is 2.78. The molecule has 0 N–H and O–H groups in total. The van der Waals surface area contributed by atoms with Gasteiger partial charge in [0.15, 0.2) is 0 Å². The van der Waals surface area contributed by atoms with Gasteiger partial charge in [0, 0.05) is 11.9 Å². The van der Waals surface area contributed by atoms with Gasteiger partial charge in [0.25, 0.3) is 0 Å². The minimum atomic E-state index is 0.409. The zero-order valence-corrected chi connectivity index (χ0v) is 9.51. The molecule has 0 amide bonds. The van der Waals surface area contributed by atoms with Crippen LogP contribution in [0.3, 0.4) is 0 Å². The minimum Gasteiger partial charge on any atom is -0.337 e. The summed E-state index contributed by atoms with van der Waals surface area (Å²) in [5.41, 5.74) is 5.59. The van der Waals surface area contributed by atoms with E-state index in [1.54, 1.807) is 0 Å². The van der Waals surface area contributed by atoms with E-state index < -0.39 is 0 Å². The molecule has 0 saturated carbocycles. The van der Waals surface area contributed by atoms with E-state index in [1.165, 1.54) is 22.4 Å². The molecule has 2 aliphatic carbocycles. The second-order valence-corrected chi connectivity index (χ2v) is 4.67. The van der Waals surface area contributed by atoms with Crippen LogP contribution < -0.4 is 0 Å². The van der Waals surface area contributed by atoms with Crippen molar-refractivity contribution in [2.24, 2.45) is 0 Å². The Morgan fingerprint density at radius 3 is 3.12 bits per heavy atom. The first kappa shape index (κ1) is 9.06. The molecule has 0 radical (unpaired) electrons. The topological polar surface area (TPSA) is 3.24 Å². The van der Waals surface area contributed by atoms with Crippen molar-refractivity contribution in [3.63, 3.8) is 0 Å². The van der Waals surface area contributed by atoms with Gasteiger partial charge in [-0.3, -0.25) is 0 Å². The second kappa shape index (κ2) is 3.24. The van der Waals surface area contributed by atoms with Crippen LogP contribution in [-0.4, -0.2) is 10.9 Å². The van der Waals surface area contributed by atoms with E-state index in [2.05, 4.69) is 65.8 Å². The zero-order chi connectivity index (χ0) is 11.2. The van der Waals surface area contributed by atoms with Crippen molar-refractivity contribution in [1.82, 2.24) is 4.90 Å². The van der Waals surface area contributed by atoms with E-state index >= 15 is 0 Å². The van der Waals surface area contributed by atoms with Gasteiger partial charge in [-0.15, -0.1) is 0 Å². The third kappa shape index (κ3) is 1.19. The summed E-state index contributed by atoms with van der Waals surface area (Å²) >= 11 is 0. The van der Waals surface area contributed by atoms with Crippen LogP contribution in [0.2, 0.25) is 0 Å². The molecule has 4 aliphatic rings. The van der Waals surface area contributed by atoms with Gasteiger partial charge in [0.1, 0.15) is 0 Å². The number of nitrogens with zero attached hydrogens (tertiary/aromatic N) is 1. The van der Waals surface area contributed by atoms with Gasteiger partial charge in [0.2, 0.25) is 0 Å². The third-order valence-electron chi connectivity index (χ3n) is 3.72. The molecule has 17 heavy (non-hydrogen) atoms. The molecule has 0 aromatic heterocycles. The molecule has 0 aromatic rings. The lowest BCUT2D eigenvalue weighted by Gasteiger charge is -2.30. The standard InChI is InChI=1S/C16H13N/c1-3-7-14-12(5-1)9-10-17-15-8-4-2-6-13(15)11-16(14)17/h1-6,8-11,15H,7H2. The fraction of sp³-hybridized carbons (Fsp3) is 0.125. The molecule has 0 saturated heterocycles. The fourth-order valence-electron chi connectivity index (χ4n) is 2.88. The van der Waals surface area contributed by atoms with Crippen LogP contribution in [0.5, 0.6) is 0 Å². The van der Waals surface area contributed by atoms with E-state index in [9.17, 15) is 0 Å². The van der Waals surface area contributed by atoms with E-state index in [4.69, 9.17) is 0 Å². The van der Waals surface area contributed by atoms with Crippen molar-refractivity contribution in [2.45, 2.75) is 12.5 Å². The van der Waals surface area contributed by atoms with Crippen LogP contribution in [0, 0.1) is 0 Å². The highest BCUT2D eigenvalue weighted by atomic mass is 15.2. The second-order valence-electron chi connectivity index (χ2n) is 4.67. The monoisotopic (exact) mass is 219 g/mol. The molecule has 0 bridgehead atoms. The summed E-state index contributed by atoms with van der Waals surface area (Å²) in [5.74, 6) is 0. The smallest absolute Gasteiger partial charge is 0.0773 e. The Morgan fingerprint density at radius 2 is 2.12 bits per heavy atom. The molecule has 1 atom stereocenters. The summed E-state index contributed by atoms with van der Waals surface area (Å²) in [6, 6.07) is 0.409. The van der Waals surface area contributed by atoms with Crippen molar-refractivity contribution in [2.75, 3.05) is 0 Å². The molecule has 0 fully saturated rings. The largest absolute Gasteiger partial charge is 0.337 e. The summed E-state index contributed by atoms with van der Waals surface area (Å²) in [6.45, 7) is 0. The van der Waals surface area contributed by atoms with Gasteiger partial charge in [-0.1, -0.05) is 42.5 Å². The van der Waals surface area contributed by atoms with Crippen molar-refractivity contribution in [1.29, 1.82) is 0 Å². The van der Waals surface area contributed by atoms with Gasteiger partial charge < -0.3 is 4.90 Å². The van der Waals surface area contributed by atoms with Crippen LogP contribution in [0.15, 0.2) is 83.3 Å². The highest BCUT2D eigenvalue weighted by molar-refractivity contribution is 5.59. The van der Waals surface area contributed by atoms with Gasteiger partial charge in [-0.25, -0.2) is 0 Å². The summed E-state index contributed by atoms with van der Waals surface area (Å²) in [5, 5.41) is 0. The van der Waals surface area contributed by atoms with E-state index in [1.807, 2.05) is 0 Å². The predicted molar refractivity (Wildman–Crippen MR) is 70.0 cm³/mol. The Balaban J connectivity index is 1.89. The molecule has 4 rings (SSSR count). The van der Waals surface area contributed by atoms with Gasteiger partial charge >= 0.3 is 0 Å². The molecule has 2 heterocycles. The molecule has 2 aliphatic heterocycles. The van der Waals surface area contributed by atoms with E-state index in [0.717, 1.165) is 6.42 Å². The lowest BCUT2D eigenvalue weighted by Crippen LogP contribution is -2.27. The molecule has 1 heteroatoms. The van der Waals surface area contributed by atoms with E-state index in [0.29, 0.717) is 6.04 Å². The molecule has 1 nitrogen and oxygen atoms in total. The molecular formula is C16H13N. The molecule has 82 valence electrons. The fourth-order valence-corrected chi connectivity index (χ4v) is 2.88. The van der Waals surface area contributed by atoms with Crippen molar-refractivity contribution in [3.05, 3.63) is 83.3 Å². The highest BCUT2D eigenvalue weighted by Crippen LogP contribution is 2.39. The van der Waals surface area contributed by atoms with Gasteiger partial charge in [0.05, 0.1) is 6.04 Å². The predicted octanol–water partition coefficient (Wildman–Crippen LogP) is 3.39. The lowest BCUT2D eigenvalue weighted by molar-refractivity contribution is 0.464. The van der Waals surface area contributed by atoms with E-state index in [-0.39, 0.29) is 0 Å². The summed E-state index contributed by atoms with van der Waals surface area (Å²) in [7, 11) is 0. The normalized spacial score (nSPS) is 27.8. The van der Waals surface area contributed by atoms with Crippen molar-refractivity contribution >= 4 is 0 Å². The number of allylic oxidation sites excluding steroid dienone is 9. The third-order valence-corrected chi connectivity index (χ3v) is 3.72. The Labute approximate surface area is 101 Å². The maximum atomic E-state index is 2.38. The Hall–Kier alpha value is -2.02. The Morgan fingerprint density at radius 1 is 1.12 bits per heavy atom. The molecular weight excluding hydrogens is 206 g/mol. The summed E-state index contributed by atoms with van der Waals surface area (Å²) < 4.78 is 0. The molecule has 0 spiro atoms. The van der Waals surface area contributed by atoms with Crippen LogP contribution in [0.1, 0.15) is 6.42 Å². The van der Waals surface area contributed by atoms with Gasteiger partial charge in [-0.2, -0.15) is 0 Å². The first-order valence-corrected chi connectivity index (χ1v) is 6.07. The number of hydrogen-bond acceptors (Lipinski definition) is 1. The number of rotatable bonds is 0. The van der Waals surface area contributed by atoms with Crippen molar-refractivity contribution < 1.29 is 0 Å². The first-order chi connectivity index (χ1) is 8.43. The van der Waals surface area contributed by atoms with Crippen LogP contribution >= 0.6 is 0 Å². The first-order valence-electron chi connectivity index (χ1n) is 6.07. The SMILES string of the molecule is C1=CCC2=C3C=C4C=CC=CC4N3C=CC2=C1. The highest BCUT2D eigenvalue weighted by Gasteiger charge is 2.30. The number of fused-ring (bicyclic) bond motifs is 4. The Bertz CT molecular complexity index is 591. The quantitative estimate of drug-likeness (QED) is 0.603. The summed E-state index contributed by atoms with van der Waals surface area (Å²) in [4.78, 5) is 2.38. The van der Waals surface area contributed by atoms with Crippen LogP contribution in [0.4, 0.5) is 0 Å². The zero-order valence-electron chi connectivity index (χ0n) is 9.51. The molecule has 1 unspecified atom stereocenters. The lowest BCUT2D eigenvalue weighted by atomic mass is 9.94. The minimum absolute atomic E-state index is 0.409. The average molecular weight is 219 g/mol. The molecule has 0 aromatic carbocycles. The maximum Gasteiger partial charge on any atom is 0.0773 e. The van der Waals surface area contributed by atoms with Crippen molar-refractivity contribution in [3.8, 4) is 0 Å². The van der Waals surface area contributed by atoms with Gasteiger partial charge in [-0.05, 0) is 35.3 Å². The number of hydrogen-bond donors (Lipinski definition) is 0. The Kier molecular flexibility index (Phi) is 1.72. The van der Waals surface area contributed by atoms with Crippen LogP contribution in [0.25, 0.3) is 0 Å².